The predicted molar refractivity (Wildman–Crippen MR) is 123 cm³/mol. The number of sulfonamides is 2. The Morgan fingerprint density at radius 3 is 2.03 bits per heavy atom. The van der Waals surface area contributed by atoms with Crippen LogP contribution in [0.25, 0.3) is 0 Å². The monoisotopic (exact) mass is 494 g/mol. The number of amides is 2. The molecule has 0 spiro atoms. The molecule has 12 heteroatoms. The molecule has 1 fully saturated rings. The molecule has 2 amide bonds. The van der Waals surface area contributed by atoms with Crippen molar-refractivity contribution in [1.82, 2.24) is 13.9 Å². The third kappa shape index (κ3) is 5.96. The van der Waals surface area contributed by atoms with Gasteiger partial charge in [-0.3, -0.25) is 9.59 Å². The summed E-state index contributed by atoms with van der Waals surface area (Å²) in [4.78, 5) is 25.0. The molecule has 1 heterocycles. The SMILES string of the molecule is CCCNS(=O)(=O)c1ccc(NC(=O)c2ccc(S(=O)(=O)N3CCN(C=O)CC3)cc2)cc1. The molecule has 1 aliphatic rings. The van der Waals surface area contributed by atoms with Gasteiger partial charge in [0.05, 0.1) is 9.79 Å². The van der Waals surface area contributed by atoms with Gasteiger partial charge in [0.1, 0.15) is 0 Å². The van der Waals surface area contributed by atoms with E-state index in [1.807, 2.05) is 6.92 Å². The van der Waals surface area contributed by atoms with E-state index in [4.69, 9.17) is 0 Å². The van der Waals surface area contributed by atoms with Gasteiger partial charge in [0, 0.05) is 44.0 Å². The molecule has 0 saturated carbocycles. The van der Waals surface area contributed by atoms with E-state index in [1.54, 1.807) is 0 Å². The number of nitrogens with one attached hydrogen (secondary N) is 2. The van der Waals surface area contributed by atoms with E-state index in [0.29, 0.717) is 38.2 Å². The summed E-state index contributed by atoms with van der Waals surface area (Å²) >= 11 is 0. The summed E-state index contributed by atoms with van der Waals surface area (Å²) in [5.74, 6) is -0.460. The Morgan fingerprint density at radius 2 is 1.48 bits per heavy atom. The van der Waals surface area contributed by atoms with Gasteiger partial charge >= 0.3 is 0 Å². The van der Waals surface area contributed by atoms with Crippen LogP contribution < -0.4 is 10.0 Å². The first kappa shape index (κ1) is 24.8. The standard InChI is InChI=1S/C21H26N4O6S2/c1-2-11-22-32(28,29)19-9-5-18(6-10-19)23-21(27)17-3-7-20(8-4-17)33(30,31)25-14-12-24(16-26)13-15-25/h3-10,16,22H,2,11-15H2,1H3,(H,23,27). The molecule has 33 heavy (non-hydrogen) atoms. The van der Waals surface area contributed by atoms with Crippen molar-refractivity contribution in [3.63, 3.8) is 0 Å². The summed E-state index contributed by atoms with van der Waals surface area (Å²) in [5.41, 5.74) is 0.653. The van der Waals surface area contributed by atoms with Crippen LogP contribution in [0.5, 0.6) is 0 Å². The van der Waals surface area contributed by atoms with Gasteiger partial charge in [0.25, 0.3) is 5.91 Å². The normalized spacial score (nSPS) is 15.2. The maximum Gasteiger partial charge on any atom is 0.255 e. The molecule has 10 nitrogen and oxygen atoms in total. The summed E-state index contributed by atoms with van der Waals surface area (Å²) in [7, 11) is -7.32. The molecule has 0 aliphatic carbocycles. The zero-order valence-corrected chi connectivity index (χ0v) is 19.7. The molecule has 1 aliphatic heterocycles. The highest BCUT2D eigenvalue weighted by molar-refractivity contribution is 7.89. The van der Waals surface area contributed by atoms with Gasteiger partial charge in [-0.05, 0) is 55.0 Å². The number of hydrogen-bond acceptors (Lipinski definition) is 6. The lowest BCUT2D eigenvalue weighted by molar-refractivity contribution is -0.119. The first-order valence-electron chi connectivity index (χ1n) is 10.4. The second-order valence-corrected chi connectivity index (χ2v) is 11.2. The maximum atomic E-state index is 12.8. The highest BCUT2D eigenvalue weighted by Crippen LogP contribution is 2.19. The first-order chi connectivity index (χ1) is 15.7. The molecule has 0 atom stereocenters. The molecule has 0 unspecified atom stereocenters. The van der Waals surface area contributed by atoms with Crippen LogP contribution in [0, 0.1) is 0 Å². The van der Waals surface area contributed by atoms with Crippen LogP contribution in [0.15, 0.2) is 58.3 Å². The van der Waals surface area contributed by atoms with Gasteiger partial charge in [-0.2, -0.15) is 4.31 Å². The Morgan fingerprint density at radius 1 is 0.909 bits per heavy atom. The number of carbonyl (C=O) groups excluding carboxylic acids is 2. The van der Waals surface area contributed by atoms with Crippen LogP contribution in [-0.4, -0.2) is 71.1 Å². The molecule has 2 aromatic carbocycles. The third-order valence-corrected chi connectivity index (χ3v) is 8.53. The van der Waals surface area contributed by atoms with Gasteiger partial charge < -0.3 is 10.2 Å². The topological polar surface area (TPSA) is 133 Å². The minimum atomic E-state index is -3.72. The molecule has 2 N–H and O–H groups in total. The fraction of sp³-hybridized carbons (Fsp3) is 0.333. The summed E-state index contributed by atoms with van der Waals surface area (Å²) in [6.45, 7) is 3.28. The molecule has 2 aromatic rings. The van der Waals surface area contributed by atoms with E-state index in [1.165, 1.54) is 57.7 Å². The van der Waals surface area contributed by atoms with Gasteiger partial charge in [-0.25, -0.2) is 21.6 Å². The first-order valence-corrected chi connectivity index (χ1v) is 13.3. The lowest BCUT2D eigenvalue weighted by Gasteiger charge is -2.31. The van der Waals surface area contributed by atoms with Gasteiger partial charge in [0.2, 0.25) is 26.5 Å². The van der Waals surface area contributed by atoms with Crippen molar-refractivity contribution < 1.29 is 26.4 Å². The lowest BCUT2D eigenvalue weighted by atomic mass is 10.2. The van der Waals surface area contributed by atoms with Crippen LogP contribution in [0.1, 0.15) is 23.7 Å². The van der Waals surface area contributed by atoms with E-state index in [2.05, 4.69) is 10.0 Å². The van der Waals surface area contributed by atoms with E-state index < -0.39 is 26.0 Å². The molecule has 3 rings (SSSR count). The molecular weight excluding hydrogens is 468 g/mol. The average Bonchev–Trinajstić information content (AvgIpc) is 2.83. The van der Waals surface area contributed by atoms with Crippen LogP contribution >= 0.6 is 0 Å². The van der Waals surface area contributed by atoms with Crippen molar-refractivity contribution in [2.75, 3.05) is 38.0 Å². The van der Waals surface area contributed by atoms with Gasteiger partial charge in [-0.15, -0.1) is 0 Å². The fourth-order valence-corrected chi connectivity index (χ4v) is 5.77. The molecule has 178 valence electrons. The van der Waals surface area contributed by atoms with Gasteiger partial charge in [0.15, 0.2) is 0 Å². The number of hydrogen-bond donors (Lipinski definition) is 2. The number of piperazine rings is 1. The minimum absolute atomic E-state index is 0.0627. The highest BCUT2D eigenvalue weighted by Gasteiger charge is 2.28. The van der Waals surface area contributed by atoms with E-state index in [9.17, 15) is 26.4 Å². The molecule has 1 saturated heterocycles. The number of benzene rings is 2. The molecule has 0 bridgehead atoms. The average molecular weight is 495 g/mol. The molecular formula is C21H26N4O6S2. The van der Waals surface area contributed by atoms with Crippen molar-refractivity contribution in [2.45, 2.75) is 23.1 Å². The smallest absolute Gasteiger partial charge is 0.255 e. The summed E-state index contributed by atoms with van der Waals surface area (Å²) in [5, 5.41) is 2.66. The van der Waals surface area contributed by atoms with Crippen molar-refractivity contribution in [2.24, 2.45) is 0 Å². The Bertz CT molecular complexity index is 1190. The third-order valence-electron chi connectivity index (χ3n) is 5.14. The minimum Gasteiger partial charge on any atom is -0.343 e. The fourth-order valence-electron chi connectivity index (χ4n) is 3.22. The van der Waals surface area contributed by atoms with E-state index >= 15 is 0 Å². The second-order valence-electron chi connectivity index (χ2n) is 7.45. The Labute approximate surface area is 193 Å². The number of nitrogens with zero attached hydrogens (tertiary/aromatic N) is 2. The predicted octanol–water partition coefficient (Wildman–Crippen LogP) is 1.09. The quantitative estimate of drug-likeness (QED) is 0.502. The molecule has 0 radical (unpaired) electrons. The number of rotatable bonds is 9. The van der Waals surface area contributed by atoms with Crippen molar-refractivity contribution >= 4 is 38.1 Å². The van der Waals surface area contributed by atoms with Crippen LogP contribution in [0.2, 0.25) is 0 Å². The van der Waals surface area contributed by atoms with Crippen molar-refractivity contribution in [1.29, 1.82) is 0 Å². The molecule has 0 aromatic heterocycles. The zero-order valence-electron chi connectivity index (χ0n) is 18.1. The number of carbonyl (C=O) groups is 2. The van der Waals surface area contributed by atoms with Crippen molar-refractivity contribution in [3.05, 3.63) is 54.1 Å². The van der Waals surface area contributed by atoms with Gasteiger partial charge in [-0.1, -0.05) is 6.92 Å². The summed E-state index contributed by atoms with van der Waals surface area (Å²) in [6.07, 6.45) is 1.37. The van der Waals surface area contributed by atoms with E-state index in [0.717, 1.165) is 0 Å². The van der Waals surface area contributed by atoms with Crippen LogP contribution in [-0.2, 0) is 24.8 Å². The Balaban J connectivity index is 1.65. The Hall–Kier alpha value is -2.80. The van der Waals surface area contributed by atoms with Crippen LogP contribution in [0.4, 0.5) is 5.69 Å². The van der Waals surface area contributed by atoms with Crippen molar-refractivity contribution in [3.8, 4) is 0 Å². The maximum absolute atomic E-state index is 12.8. The summed E-state index contributed by atoms with van der Waals surface area (Å²) in [6, 6.07) is 11.3. The van der Waals surface area contributed by atoms with E-state index in [-0.39, 0.29) is 28.4 Å². The van der Waals surface area contributed by atoms with Crippen LogP contribution in [0.3, 0.4) is 0 Å². The zero-order chi connectivity index (χ0) is 24.1. The largest absolute Gasteiger partial charge is 0.343 e. The number of anilines is 1. The lowest BCUT2D eigenvalue weighted by Crippen LogP contribution is -2.47. The highest BCUT2D eigenvalue weighted by atomic mass is 32.2. The Kier molecular flexibility index (Phi) is 7.84. The second kappa shape index (κ2) is 10.4. The summed E-state index contributed by atoms with van der Waals surface area (Å²) < 4.78 is 53.7.